The summed E-state index contributed by atoms with van der Waals surface area (Å²) < 4.78 is 18.8. The van der Waals surface area contributed by atoms with Gasteiger partial charge in [0.2, 0.25) is 0 Å². The first-order valence-electron chi connectivity index (χ1n) is 9.71. The van der Waals surface area contributed by atoms with Crippen molar-refractivity contribution >= 4 is 30.3 Å². The molecular weight excluding hydrogens is 438 g/mol. The summed E-state index contributed by atoms with van der Waals surface area (Å²) >= 11 is 3.46. The summed E-state index contributed by atoms with van der Waals surface area (Å²) in [7, 11) is -1.98. The molecule has 1 amide bonds. The normalized spacial score (nSPS) is 13.8. The monoisotopic (exact) mass is 473 g/mol. The Morgan fingerprint density at radius 1 is 1.18 bits per heavy atom. The van der Waals surface area contributed by atoms with Crippen molar-refractivity contribution in [1.29, 1.82) is 0 Å². The predicted molar refractivity (Wildman–Crippen MR) is 121 cm³/mol. The molecule has 1 aromatic carbocycles. The molecule has 0 radical (unpaired) electrons. The van der Waals surface area contributed by atoms with E-state index in [4.69, 9.17) is 13.9 Å². The van der Waals surface area contributed by atoms with Gasteiger partial charge in [-0.15, -0.1) is 0 Å². The van der Waals surface area contributed by atoms with Gasteiger partial charge < -0.3 is 19.2 Å². The summed E-state index contributed by atoms with van der Waals surface area (Å²) in [5, 5.41) is 2.89. The molecule has 0 spiro atoms. The lowest BCUT2D eigenvalue weighted by Crippen LogP contribution is -2.46. The summed E-state index contributed by atoms with van der Waals surface area (Å²) in [6, 6.07) is 7.74. The molecule has 0 saturated carbocycles. The number of carbonyl (C=O) groups excluding carboxylic acids is 1. The molecule has 0 aliphatic rings. The van der Waals surface area contributed by atoms with Gasteiger partial charge >= 0.3 is 6.09 Å². The lowest BCUT2D eigenvalue weighted by atomic mass is 10.1. The van der Waals surface area contributed by atoms with Gasteiger partial charge in [0.1, 0.15) is 12.4 Å². The molecule has 0 saturated heterocycles. The molecular formula is C21H36BrNO4Si. The van der Waals surface area contributed by atoms with E-state index in [-0.39, 0.29) is 23.3 Å². The van der Waals surface area contributed by atoms with E-state index >= 15 is 0 Å². The molecule has 0 fully saturated rings. The smallest absolute Gasteiger partial charge is 0.407 e. The minimum absolute atomic E-state index is 0.0888. The zero-order chi connectivity index (χ0) is 21.6. The highest BCUT2D eigenvalue weighted by atomic mass is 79.9. The number of halogens is 1. The summed E-state index contributed by atoms with van der Waals surface area (Å²) in [4.78, 5) is 11.9. The molecule has 160 valence electrons. The van der Waals surface area contributed by atoms with Crippen LogP contribution in [0.1, 0.15) is 48.0 Å². The standard InChI is InChI=1S/C21H36BrNO4Si/c1-20(2,3)23-19(24)25-13-12-18(27-28(7,8)21(4,5)6)15-26-17-11-9-10-16(22)14-17/h9-11,14,18H,12-13,15H2,1-8H3,(H,23,24)/t18-/m1/s1. The first kappa shape index (κ1) is 25.0. The van der Waals surface area contributed by atoms with Crippen LogP contribution in [-0.2, 0) is 9.16 Å². The molecule has 1 atom stereocenters. The Balaban J connectivity index is 2.70. The summed E-state index contributed by atoms with van der Waals surface area (Å²) in [6.45, 7) is 17.5. The lowest BCUT2D eigenvalue weighted by Gasteiger charge is -2.39. The van der Waals surface area contributed by atoms with Gasteiger partial charge in [0.05, 0.1) is 12.7 Å². The molecule has 0 bridgehead atoms. The first-order chi connectivity index (χ1) is 12.7. The fourth-order valence-electron chi connectivity index (χ4n) is 2.14. The van der Waals surface area contributed by atoms with Gasteiger partial charge in [-0.2, -0.15) is 0 Å². The third-order valence-electron chi connectivity index (χ3n) is 4.65. The van der Waals surface area contributed by atoms with Crippen molar-refractivity contribution in [2.24, 2.45) is 0 Å². The Labute approximate surface area is 179 Å². The van der Waals surface area contributed by atoms with Gasteiger partial charge in [-0.25, -0.2) is 4.79 Å². The molecule has 0 aliphatic carbocycles. The Kier molecular flexibility index (Phi) is 9.03. The molecule has 1 aromatic rings. The van der Waals surface area contributed by atoms with Crippen LogP contribution in [0.2, 0.25) is 18.1 Å². The van der Waals surface area contributed by atoms with Gasteiger partial charge in [-0.3, -0.25) is 0 Å². The van der Waals surface area contributed by atoms with Gasteiger partial charge in [-0.1, -0.05) is 42.8 Å². The number of hydrogen-bond donors (Lipinski definition) is 1. The Morgan fingerprint density at radius 3 is 2.36 bits per heavy atom. The predicted octanol–water partition coefficient (Wildman–Crippen LogP) is 6.13. The van der Waals surface area contributed by atoms with E-state index in [1.54, 1.807) is 0 Å². The van der Waals surface area contributed by atoms with E-state index < -0.39 is 14.4 Å². The van der Waals surface area contributed by atoms with Crippen molar-refractivity contribution in [3.63, 3.8) is 0 Å². The number of nitrogens with one attached hydrogen (secondary N) is 1. The van der Waals surface area contributed by atoms with Crippen LogP contribution in [0.4, 0.5) is 4.79 Å². The van der Waals surface area contributed by atoms with Crippen LogP contribution in [0, 0.1) is 0 Å². The number of alkyl carbamates (subject to hydrolysis) is 1. The summed E-state index contributed by atoms with van der Waals surface area (Å²) in [5.74, 6) is 0.782. The zero-order valence-corrected chi connectivity index (χ0v) is 21.1. The number of ether oxygens (including phenoxy) is 2. The highest BCUT2D eigenvalue weighted by Crippen LogP contribution is 2.37. The van der Waals surface area contributed by atoms with Crippen LogP contribution >= 0.6 is 15.9 Å². The maximum absolute atomic E-state index is 11.9. The van der Waals surface area contributed by atoms with Crippen LogP contribution in [-0.4, -0.2) is 39.3 Å². The molecule has 7 heteroatoms. The van der Waals surface area contributed by atoms with Crippen molar-refractivity contribution in [2.75, 3.05) is 13.2 Å². The van der Waals surface area contributed by atoms with Crippen LogP contribution < -0.4 is 10.1 Å². The highest BCUT2D eigenvalue weighted by Gasteiger charge is 2.39. The van der Waals surface area contributed by atoms with Gasteiger partial charge in [0.25, 0.3) is 0 Å². The topological polar surface area (TPSA) is 56.8 Å². The van der Waals surface area contributed by atoms with Gasteiger partial charge in [0.15, 0.2) is 8.32 Å². The number of amides is 1. The second kappa shape index (κ2) is 10.1. The SMILES string of the molecule is CC(C)(C)NC(=O)OCC[C@H](COc1cccc(Br)c1)O[Si](C)(C)C(C)(C)C. The average Bonchev–Trinajstić information content (AvgIpc) is 2.49. The minimum Gasteiger partial charge on any atom is -0.491 e. The fraction of sp³-hybridized carbons (Fsp3) is 0.667. The summed E-state index contributed by atoms with van der Waals surface area (Å²) in [5.41, 5.74) is -0.321. The molecule has 0 aromatic heterocycles. The van der Waals surface area contributed by atoms with Crippen LogP contribution in [0.15, 0.2) is 28.7 Å². The number of carbonyl (C=O) groups is 1. The number of benzene rings is 1. The Hall–Kier alpha value is -1.05. The highest BCUT2D eigenvalue weighted by molar-refractivity contribution is 9.10. The average molecular weight is 475 g/mol. The number of hydrogen-bond acceptors (Lipinski definition) is 4. The quantitative estimate of drug-likeness (QED) is 0.461. The van der Waals surface area contributed by atoms with Crippen molar-refractivity contribution in [1.82, 2.24) is 5.32 Å². The molecule has 0 unspecified atom stereocenters. The first-order valence-corrected chi connectivity index (χ1v) is 13.4. The molecule has 5 nitrogen and oxygen atoms in total. The van der Waals surface area contributed by atoms with Crippen molar-refractivity contribution in [2.45, 2.75) is 77.7 Å². The van der Waals surface area contributed by atoms with Crippen LogP contribution in [0.3, 0.4) is 0 Å². The van der Waals surface area contributed by atoms with E-state index in [0.717, 1.165) is 10.2 Å². The third-order valence-corrected chi connectivity index (χ3v) is 9.68. The second-order valence-electron chi connectivity index (χ2n) is 9.57. The van der Waals surface area contributed by atoms with E-state index in [0.29, 0.717) is 13.0 Å². The van der Waals surface area contributed by atoms with Crippen LogP contribution in [0.5, 0.6) is 5.75 Å². The molecule has 1 rings (SSSR count). The van der Waals surface area contributed by atoms with Gasteiger partial charge in [-0.05, 0) is 57.1 Å². The molecule has 28 heavy (non-hydrogen) atoms. The molecule has 0 aliphatic heterocycles. The molecule has 0 heterocycles. The lowest BCUT2D eigenvalue weighted by molar-refractivity contribution is 0.0766. The largest absolute Gasteiger partial charge is 0.491 e. The fourth-order valence-corrected chi connectivity index (χ4v) is 3.89. The van der Waals surface area contributed by atoms with Crippen LogP contribution in [0.25, 0.3) is 0 Å². The van der Waals surface area contributed by atoms with E-state index in [2.05, 4.69) is 55.1 Å². The maximum atomic E-state index is 11.9. The van der Waals surface area contributed by atoms with Gasteiger partial charge in [0, 0.05) is 16.4 Å². The van der Waals surface area contributed by atoms with E-state index in [1.807, 2.05) is 45.0 Å². The Morgan fingerprint density at radius 2 is 1.82 bits per heavy atom. The second-order valence-corrected chi connectivity index (χ2v) is 15.2. The number of rotatable bonds is 8. The van der Waals surface area contributed by atoms with E-state index in [1.165, 1.54) is 0 Å². The maximum Gasteiger partial charge on any atom is 0.407 e. The summed E-state index contributed by atoms with van der Waals surface area (Å²) in [6.07, 6.45) is 0.0201. The van der Waals surface area contributed by atoms with Crippen molar-refractivity contribution in [3.05, 3.63) is 28.7 Å². The molecule has 1 N–H and O–H groups in total. The van der Waals surface area contributed by atoms with E-state index in [9.17, 15) is 4.79 Å². The van der Waals surface area contributed by atoms with Crippen molar-refractivity contribution < 1.29 is 18.7 Å². The zero-order valence-electron chi connectivity index (χ0n) is 18.5. The third kappa shape index (κ3) is 9.43. The van der Waals surface area contributed by atoms with Crippen molar-refractivity contribution in [3.8, 4) is 5.75 Å². The minimum atomic E-state index is -1.98. The Bertz CT molecular complexity index is 638.